The van der Waals surface area contributed by atoms with Crippen LogP contribution in [0.25, 0.3) is 11.3 Å². The van der Waals surface area contributed by atoms with Gasteiger partial charge in [-0.2, -0.15) is 0 Å². The highest BCUT2D eigenvalue weighted by atomic mass is 32.1. The molecule has 0 aliphatic heterocycles. The highest BCUT2D eigenvalue weighted by molar-refractivity contribution is 7.12. The van der Waals surface area contributed by atoms with E-state index in [9.17, 15) is 0 Å². The summed E-state index contributed by atoms with van der Waals surface area (Å²) < 4.78 is 5.45. The lowest BCUT2D eigenvalue weighted by molar-refractivity contribution is 0.340. The fraction of sp³-hybridized carbons (Fsp3) is 0.400. The summed E-state index contributed by atoms with van der Waals surface area (Å²) >= 11 is 1.73. The molecular weight excluding hydrogens is 256 g/mol. The van der Waals surface area contributed by atoms with Crippen LogP contribution < -0.4 is 10.5 Å². The molecule has 0 aliphatic carbocycles. The maximum atomic E-state index is 5.71. The number of thiazole rings is 1. The standard InChI is InChI=1S/C15H20N2OS/c1-4-18-13-7-5-12(6-8-13)14-11(3)19-15(17-14)10(2)9-16/h5-8,10H,4,9,16H2,1-3H3. The zero-order chi connectivity index (χ0) is 13.8. The number of hydrogen-bond acceptors (Lipinski definition) is 4. The maximum absolute atomic E-state index is 5.71. The molecule has 1 aromatic heterocycles. The molecule has 0 fully saturated rings. The second-order valence-electron chi connectivity index (χ2n) is 4.55. The predicted molar refractivity (Wildman–Crippen MR) is 80.9 cm³/mol. The summed E-state index contributed by atoms with van der Waals surface area (Å²) in [5.74, 6) is 1.22. The quantitative estimate of drug-likeness (QED) is 0.908. The molecule has 0 amide bonds. The van der Waals surface area contributed by atoms with Crippen molar-refractivity contribution in [3.8, 4) is 17.0 Å². The van der Waals surface area contributed by atoms with Crippen molar-refractivity contribution in [2.24, 2.45) is 5.73 Å². The van der Waals surface area contributed by atoms with Crippen LogP contribution in [0.3, 0.4) is 0 Å². The van der Waals surface area contributed by atoms with E-state index in [-0.39, 0.29) is 0 Å². The van der Waals surface area contributed by atoms with Crippen LogP contribution in [0.4, 0.5) is 0 Å². The molecule has 1 aromatic carbocycles. The molecule has 3 nitrogen and oxygen atoms in total. The molecule has 1 atom stereocenters. The van der Waals surface area contributed by atoms with Crippen LogP contribution >= 0.6 is 11.3 Å². The number of nitrogens with two attached hydrogens (primary N) is 1. The van der Waals surface area contributed by atoms with E-state index in [0.29, 0.717) is 19.1 Å². The van der Waals surface area contributed by atoms with Gasteiger partial charge in [0, 0.05) is 22.9 Å². The topological polar surface area (TPSA) is 48.1 Å². The maximum Gasteiger partial charge on any atom is 0.119 e. The van der Waals surface area contributed by atoms with Gasteiger partial charge >= 0.3 is 0 Å². The molecule has 1 heterocycles. The average molecular weight is 276 g/mol. The van der Waals surface area contributed by atoms with Gasteiger partial charge in [-0.05, 0) is 38.1 Å². The van der Waals surface area contributed by atoms with E-state index < -0.39 is 0 Å². The highest BCUT2D eigenvalue weighted by Gasteiger charge is 2.13. The van der Waals surface area contributed by atoms with Crippen LogP contribution in [0.1, 0.15) is 29.7 Å². The molecule has 0 bridgehead atoms. The number of nitrogens with zero attached hydrogens (tertiary/aromatic N) is 1. The van der Waals surface area contributed by atoms with Crippen LogP contribution in [-0.2, 0) is 0 Å². The van der Waals surface area contributed by atoms with Gasteiger partial charge in [-0.15, -0.1) is 11.3 Å². The first-order chi connectivity index (χ1) is 9.15. The lowest BCUT2D eigenvalue weighted by Gasteiger charge is -2.04. The molecule has 0 aliphatic rings. The Bertz CT molecular complexity index is 534. The molecule has 0 radical (unpaired) electrons. The summed E-state index contributed by atoms with van der Waals surface area (Å²) in [7, 11) is 0. The number of benzene rings is 1. The van der Waals surface area contributed by atoms with E-state index in [0.717, 1.165) is 22.0 Å². The summed E-state index contributed by atoms with van der Waals surface area (Å²) in [6, 6.07) is 8.10. The third-order valence-electron chi connectivity index (χ3n) is 3.03. The van der Waals surface area contributed by atoms with Gasteiger partial charge in [-0.1, -0.05) is 6.92 Å². The molecule has 2 N–H and O–H groups in total. The number of aryl methyl sites for hydroxylation is 1. The van der Waals surface area contributed by atoms with Gasteiger partial charge in [0.25, 0.3) is 0 Å². The minimum atomic E-state index is 0.320. The molecule has 2 rings (SSSR count). The fourth-order valence-electron chi connectivity index (χ4n) is 1.87. The smallest absolute Gasteiger partial charge is 0.119 e. The first-order valence-electron chi connectivity index (χ1n) is 6.56. The van der Waals surface area contributed by atoms with Crippen LogP contribution in [0.15, 0.2) is 24.3 Å². The van der Waals surface area contributed by atoms with Crippen LogP contribution in [-0.4, -0.2) is 18.1 Å². The Morgan fingerprint density at radius 3 is 2.58 bits per heavy atom. The van der Waals surface area contributed by atoms with Crippen molar-refractivity contribution in [1.82, 2.24) is 4.98 Å². The normalized spacial score (nSPS) is 12.4. The summed E-state index contributed by atoms with van der Waals surface area (Å²) in [4.78, 5) is 5.96. The molecule has 0 saturated heterocycles. The van der Waals surface area contributed by atoms with Crippen molar-refractivity contribution < 1.29 is 4.74 Å². The SMILES string of the molecule is CCOc1ccc(-c2nc(C(C)CN)sc2C)cc1. The Kier molecular flexibility index (Phi) is 4.56. The summed E-state index contributed by atoms with van der Waals surface area (Å²) in [6.45, 7) is 7.53. The van der Waals surface area contributed by atoms with Crippen molar-refractivity contribution in [2.75, 3.05) is 13.2 Å². The van der Waals surface area contributed by atoms with Gasteiger partial charge in [0.05, 0.1) is 17.3 Å². The van der Waals surface area contributed by atoms with E-state index in [2.05, 4.69) is 26.0 Å². The number of hydrogen-bond donors (Lipinski definition) is 1. The molecule has 0 spiro atoms. The summed E-state index contributed by atoms with van der Waals surface area (Å²) in [6.07, 6.45) is 0. The third-order valence-corrected chi connectivity index (χ3v) is 4.23. The Balaban J connectivity index is 2.28. The molecule has 2 aromatic rings. The zero-order valence-corrected chi connectivity index (χ0v) is 12.5. The number of ether oxygens (including phenoxy) is 1. The van der Waals surface area contributed by atoms with Crippen LogP contribution in [0.2, 0.25) is 0 Å². The van der Waals surface area contributed by atoms with Gasteiger partial charge in [-0.25, -0.2) is 4.98 Å². The highest BCUT2D eigenvalue weighted by Crippen LogP contribution is 2.31. The molecule has 19 heavy (non-hydrogen) atoms. The third kappa shape index (κ3) is 3.14. The minimum absolute atomic E-state index is 0.320. The Labute approximate surface area is 118 Å². The lowest BCUT2D eigenvalue weighted by atomic mass is 10.1. The first-order valence-corrected chi connectivity index (χ1v) is 7.38. The minimum Gasteiger partial charge on any atom is -0.494 e. The fourth-order valence-corrected chi connectivity index (χ4v) is 2.88. The molecule has 0 saturated carbocycles. The molecule has 1 unspecified atom stereocenters. The van der Waals surface area contributed by atoms with Gasteiger partial charge < -0.3 is 10.5 Å². The van der Waals surface area contributed by atoms with Crippen molar-refractivity contribution in [3.05, 3.63) is 34.2 Å². The van der Waals surface area contributed by atoms with E-state index in [4.69, 9.17) is 15.5 Å². The van der Waals surface area contributed by atoms with Crippen molar-refractivity contribution >= 4 is 11.3 Å². The predicted octanol–water partition coefficient (Wildman–Crippen LogP) is 3.58. The lowest BCUT2D eigenvalue weighted by Crippen LogP contribution is -2.08. The monoisotopic (exact) mass is 276 g/mol. The van der Waals surface area contributed by atoms with Gasteiger partial charge in [0.15, 0.2) is 0 Å². The molecule has 4 heteroatoms. The van der Waals surface area contributed by atoms with Gasteiger partial charge in [0.1, 0.15) is 5.75 Å². The van der Waals surface area contributed by atoms with E-state index >= 15 is 0 Å². The van der Waals surface area contributed by atoms with Gasteiger partial charge in [-0.3, -0.25) is 0 Å². The van der Waals surface area contributed by atoms with Crippen molar-refractivity contribution in [3.63, 3.8) is 0 Å². The number of rotatable bonds is 5. The molecular formula is C15H20N2OS. The Morgan fingerprint density at radius 2 is 2.00 bits per heavy atom. The first kappa shape index (κ1) is 14.0. The van der Waals surface area contributed by atoms with Crippen molar-refractivity contribution in [1.29, 1.82) is 0 Å². The van der Waals surface area contributed by atoms with Gasteiger partial charge in [0.2, 0.25) is 0 Å². The number of aromatic nitrogens is 1. The Hall–Kier alpha value is -1.39. The van der Waals surface area contributed by atoms with Crippen molar-refractivity contribution in [2.45, 2.75) is 26.7 Å². The zero-order valence-electron chi connectivity index (χ0n) is 11.6. The summed E-state index contributed by atoms with van der Waals surface area (Å²) in [5.41, 5.74) is 7.90. The second kappa shape index (κ2) is 6.17. The van der Waals surface area contributed by atoms with E-state index in [1.807, 2.05) is 19.1 Å². The van der Waals surface area contributed by atoms with E-state index in [1.165, 1.54) is 4.88 Å². The molecule has 102 valence electrons. The van der Waals surface area contributed by atoms with E-state index in [1.54, 1.807) is 11.3 Å². The second-order valence-corrected chi connectivity index (χ2v) is 5.79. The largest absolute Gasteiger partial charge is 0.494 e. The average Bonchev–Trinajstić information content (AvgIpc) is 2.81. The Morgan fingerprint density at radius 1 is 1.32 bits per heavy atom. The van der Waals surface area contributed by atoms with Crippen LogP contribution in [0.5, 0.6) is 5.75 Å². The van der Waals surface area contributed by atoms with Crippen LogP contribution in [0, 0.1) is 6.92 Å². The summed E-state index contributed by atoms with van der Waals surface area (Å²) in [5, 5.41) is 1.11.